The summed E-state index contributed by atoms with van der Waals surface area (Å²) < 4.78 is 8.53. The first-order valence-corrected chi connectivity index (χ1v) is 44.6. The Hall–Kier alpha value is -12.9. The van der Waals surface area contributed by atoms with Crippen LogP contribution in [0.25, 0.3) is 88.1 Å². The van der Waals surface area contributed by atoms with Crippen molar-refractivity contribution in [2.24, 2.45) is 29.6 Å². The van der Waals surface area contributed by atoms with Crippen LogP contribution in [0.1, 0.15) is 137 Å². The van der Waals surface area contributed by atoms with Crippen LogP contribution in [0.15, 0.2) is 238 Å². The lowest BCUT2D eigenvalue weighted by molar-refractivity contribution is -0.136. The van der Waals surface area contributed by atoms with Crippen LogP contribution in [0.5, 0.6) is 0 Å². The number of hydrogen-bond donors (Lipinski definition) is 4. The van der Waals surface area contributed by atoms with Gasteiger partial charge in [0.15, 0.2) is 0 Å². The predicted octanol–water partition coefficient (Wildman–Crippen LogP) is 18.0. The Balaban J connectivity index is 0.000000116. The molecule has 5 aliphatic rings. The van der Waals surface area contributed by atoms with E-state index in [2.05, 4.69) is 175 Å². The Labute approximate surface area is 717 Å². The van der Waals surface area contributed by atoms with Crippen molar-refractivity contribution in [1.82, 2.24) is 99.5 Å². The number of carbonyl (C=O) groups is 4. The molecule has 0 bridgehead atoms. The van der Waals surface area contributed by atoms with Crippen LogP contribution in [0.4, 0.5) is 0 Å². The van der Waals surface area contributed by atoms with Crippen LogP contribution in [0.3, 0.4) is 0 Å². The fourth-order valence-corrected chi connectivity index (χ4v) is 18.9. The lowest BCUT2D eigenvalue weighted by atomic mass is 9.88. The number of nitrogens with zero attached hydrogens (tertiary/aromatic N) is 16. The zero-order valence-electron chi connectivity index (χ0n) is 70.3. The number of aromatic amines is 4. The number of nitrogens with one attached hydrogen (secondary N) is 4. The van der Waals surface area contributed by atoms with Crippen molar-refractivity contribution < 1.29 is 19.2 Å². The normalized spacial score (nSPS) is 18.0. The highest BCUT2D eigenvalue weighted by Crippen LogP contribution is 2.34. The third-order valence-corrected chi connectivity index (χ3v) is 26.0. The highest BCUT2D eigenvalue weighted by Gasteiger charge is 2.30. The number of hydrogen-bond acceptors (Lipinski definition) is 12. The molecule has 0 radical (unpaired) electrons. The van der Waals surface area contributed by atoms with E-state index in [9.17, 15) is 19.2 Å². The van der Waals surface area contributed by atoms with Gasteiger partial charge in [-0.1, -0.05) is 122 Å². The van der Waals surface area contributed by atoms with Crippen molar-refractivity contribution in [2.75, 3.05) is 52.4 Å². The minimum atomic E-state index is 0.146. The maximum absolute atomic E-state index is 12.9. The molecule has 7 aromatic carbocycles. The number of amides is 4. The molecule has 24 nitrogen and oxygen atoms in total. The monoisotopic (exact) mass is 1640 g/mol. The molecule has 4 aliphatic heterocycles. The first-order valence-electron chi connectivity index (χ1n) is 44.6. The number of rotatable bonds is 19. The first-order chi connectivity index (χ1) is 60.6. The Morgan fingerprint density at radius 2 is 0.650 bits per heavy atom. The lowest BCUT2D eigenvalue weighted by Gasteiger charge is -2.28. The fraction of sp³-hybridized carbons (Fsp3) is 0.374. The van der Waals surface area contributed by atoms with E-state index >= 15 is 0 Å². The van der Waals surface area contributed by atoms with Crippen LogP contribution in [0.2, 0.25) is 0 Å². The molecule has 1 aliphatic carbocycles. The molecule has 1 saturated carbocycles. The van der Waals surface area contributed by atoms with Crippen molar-refractivity contribution in [3.63, 3.8) is 0 Å². The van der Waals surface area contributed by atoms with Crippen LogP contribution < -0.4 is 0 Å². The third-order valence-electron chi connectivity index (χ3n) is 26.0. The zero-order chi connectivity index (χ0) is 83.5. The van der Waals surface area contributed by atoms with Gasteiger partial charge in [0.2, 0.25) is 17.7 Å². The smallest absolute Gasteiger partial charge is 0.253 e. The van der Waals surface area contributed by atoms with Gasteiger partial charge in [-0.3, -0.25) is 58.3 Å². The Bertz CT molecular complexity index is 5870. The Morgan fingerprint density at radius 1 is 0.309 bits per heavy atom. The Morgan fingerprint density at radius 3 is 1.03 bits per heavy atom. The van der Waals surface area contributed by atoms with Gasteiger partial charge in [-0.05, 0) is 214 Å². The van der Waals surface area contributed by atoms with Crippen molar-refractivity contribution in [1.29, 1.82) is 0 Å². The van der Waals surface area contributed by atoms with E-state index in [1.807, 2.05) is 163 Å². The van der Waals surface area contributed by atoms with Gasteiger partial charge in [-0.25, -0.2) is 0 Å². The van der Waals surface area contributed by atoms with E-state index in [1.54, 1.807) is 0 Å². The quantitative estimate of drug-likeness (QED) is 0.0589. The number of aromatic nitrogens is 16. The van der Waals surface area contributed by atoms with Gasteiger partial charge in [-0.15, -0.1) is 0 Å². The molecule has 20 rings (SSSR count). The van der Waals surface area contributed by atoms with Gasteiger partial charge in [0.25, 0.3) is 5.91 Å². The molecule has 632 valence electrons. The molecule has 0 spiro atoms. The second-order valence-corrected chi connectivity index (χ2v) is 34.3. The SMILES string of the molecule is O=C(C1CCCCC1)N1CCCC(Cn2ncc3cc(-c4cn[nH]c4)ccc32)CC1.O=C(CCc1ccccc1)N1CCCC(Cn2ncc3cc(-c4cn[nH]c4)ccc32)CC1.O=C(Cc1ccccc1)N1CCCC(Cn2ncc3cc(-c4cn[nH]c4)ccc32)CC1.O=C(c1ccccc1)N1CCCC(Cn2ncc3cc(-c4cn[nH]c4)ccc32)CC1. The maximum atomic E-state index is 12.9. The summed E-state index contributed by atoms with van der Waals surface area (Å²) >= 11 is 0. The van der Waals surface area contributed by atoms with Gasteiger partial charge < -0.3 is 19.6 Å². The summed E-state index contributed by atoms with van der Waals surface area (Å²) in [5.74, 6) is 3.55. The van der Waals surface area contributed by atoms with Gasteiger partial charge in [0.1, 0.15) is 0 Å². The van der Waals surface area contributed by atoms with Crippen LogP contribution >= 0.6 is 0 Å². The standard InChI is InChI=1S/C26H29N5O.C25H27N5O.C24H31N5O.C24H25N5O/c32-26(11-8-20-5-2-1-3-6-20)30-13-4-7-21(12-14-30)19-31-25-10-9-22(15-23(25)18-29-31)24-16-27-28-17-24;31-25(13-19-5-2-1-3-6-19)29-11-4-7-20(10-12-29)18-30-24-9-8-21(14-22(24)17-28-30)23-15-26-27-16-23;2*30-24(19-6-2-1-3-7-19)28-11-4-5-18(10-12-28)17-29-23-9-8-20(13-21(23)16-27-29)22-14-25-26-15-22/h1-3,5-6,9-10,15-18,21H,4,7-8,11-14,19H2,(H,27,28);1-3,5-6,8-9,14-17,20H,4,7,10-13,18H2,(H,26,27);8-9,13-16,18-19H,1-7,10-12,17H2,(H,25,26);1-3,6-9,13-16,18H,4-5,10-12,17H2,(H,25,26). The van der Waals surface area contributed by atoms with Crippen molar-refractivity contribution in [2.45, 2.75) is 155 Å². The van der Waals surface area contributed by atoms with Crippen molar-refractivity contribution >= 4 is 67.2 Å². The summed E-state index contributed by atoms with van der Waals surface area (Å²) in [7, 11) is 0. The molecule has 12 heterocycles. The molecule has 4 amide bonds. The van der Waals surface area contributed by atoms with Crippen molar-refractivity contribution in [3.05, 3.63) is 255 Å². The number of aryl methyl sites for hydroxylation is 1. The number of likely N-dealkylation sites (tertiary alicyclic amines) is 4. The van der Waals surface area contributed by atoms with E-state index in [4.69, 9.17) is 0 Å². The molecule has 4 N–H and O–H groups in total. The summed E-state index contributed by atoms with van der Waals surface area (Å²) in [5, 5.41) is 50.9. The van der Waals surface area contributed by atoms with Gasteiger partial charge in [0, 0.05) is 165 Å². The van der Waals surface area contributed by atoms with Crippen LogP contribution in [0, 0.1) is 29.6 Å². The second-order valence-electron chi connectivity index (χ2n) is 34.3. The highest BCUT2D eigenvalue weighted by atomic mass is 16.2. The second kappa shape index (κ2) is 40.2. The summed E-state index contributed by atoms with van der Waals surface area (Å²) in [5.41, 5.74) is 16.7. The minimum absolute atomic E-state index is 0.146. The van der Waals surface area contributed by atoms with Crippen LogP contribution in [-0.2, 0) is 53.4 Å². The molecule has 8 aromatic heterocycles. The first kappa shape index (κ1) is 82.5. The van der Waals surface area contributed by atoms with Gasteiger partial charge >= 0.3 is 0 Å². The fourth-order valence-electron chi connectivity index (χ4n) is 18.9. The molecule has 4 unspecified atom stereocenters. The summed E-state index contributed by atoms with van der Waals surface area (Å²) in [6.45, 7) is 10.5. The third kappa shape index (κ3) is 21.0. The number of benzene rings is 7. The summed E-state index contributed by atoms with van der Waals surface area (Å²) in [4.78, 5) is 59.5. The molecule has 24 heteroatoms. The van der Waals surface area contributed by atoms with Crippen LogP contribution in [-0.4, -0.2) is 175 Å². The van der Waals surface area contributed by atoms with E-state index in [1.165, 1.54) is 36.8 Å². The predicted molar refractivity (Wildman–Crippen MR) is 482 cm³/mol. The molecule has 4 atom stereocenters. The topological polar surface area (TPSA) is 267 Å². The average molecular weight is 1650 g/mol. The number of H-pyrrole nitrogens is 4. The largest absolute Gasteiger partial charge is 0.343 e. The summed E-state index contributed by atoms with van der Waals surface area (Å²) in [6, 6.07) is 55.7. The van der Waals surface area contributed by atoms with Gasteiger partial charge in [-0.2, -0.15) is 40.8 Å². The molecule has 4 saturated heterocycles. The minimum Gasteiger partial charge on any atom is -0.343 e. The summed E-state index contributed by atoms with van der Waals surface area (Å²) in [6.07, 6.45) is 43.6. The molecule has 15 aromatic rings. The highest BCUT2D eigenvalue weighted by molar-refractivity contribution is 5.94. The van der Waals surface area contributed by atoms with Gasteiger partial charge in [0.05, 0.1) is 78.1 Å². The van der Waals surface area contributed by atoms with E-state index in [-0.39, 0.29) is 23.6 Å². The zero-order valence-corrected chi connectivity index (χ0v) is 70.3. The average Bonchev–Trinajstić information content (AvgIpc) is 1.68. The van der Waals surface area contributed by atoms with E-state index < -0.39 is 0 Å². The lowest BCUT2D eigenvalue weighted by Crippen LogP contribution is -2.37. The van der Waals surface area contributed by atoms with E-state index in [0.717, 1.165) is 262 Å². The Kier molecular flexibility index (Phi) is 27.0. The molecule has 5 fully saturated rings. The molecular weight excluding hydrogens is 1530 g/mol. The van der Waals surface area contributed by atoms with E-state index in [0.29, 0.717) is 42.4 Å². The molecule has 123 heavy (non-hydrogen) atoms. The maximum Gasteiger partial charge on any atom is 0.253 e. The molecular formula is C99H112N20O4. The number of carbonyl (C=O) groups excluding carboxylic acids is 4. The van der Waals surface area contributed by atoms with Crippen molar-refractivity contribution in [3.8, 4) is 44.5 Å². The number of fused-ring (bicyclic) bond motifs is 4.